The normalized spacial score (nSPS) is 10.4. The van der Waals surface area contributed by atoms with Crippen LogP contribution < -0.4 is 5.32 Å². The molecule has 0 bridgehead atoms. The largest absolute Gasteiger partial charge is 0.340 e. The molecule has 3 rings (SSSR count). The second-order valence-electron chi connectivity index (χ2n) is 6.59. The topological polar surface area (TPSA) is 75.2 Å². The van der Waals surface area contributed by atoms with Gasteiger partial charge in [0.15, 0.2) is 5.78 Å². The van der Waals surface area contributed by atoms with Gasteiger partial charge in [0.2, 0.25) is 0 Å². The highest BCUT2D eigenvalue weighted by molar-refractivity contribution is 5.94. The summed E-state index contributed by atoms with van der Waals surface area (Å²) >= 11 is 0. The van der Waals surface area contributed by atoms with Crippen LogP contribution in [-0.2, 0) is 6.54 Å². The van der Waals surface area contributed by atoms with Crippen LogP contribution in [0.1, 0.15) is 39.2 Å². The first kappa shape index (κ1) is 19.2. The minimum absolute atomic E-state index is 0.0127. The lowest BCUT2D eigenvalue weighted by Crippen LogP contribution is -2.27. The lowest BCUT2D eigenvalue weighted by atomic mass is 10.1. The van der Waals surface area contributed by atoms with E-state index in [4.69, 9.17) is 0 Å². The van der Waals surface area contributed by atoms with Crippen molar-refractivity contribution in [2.24, 2.45) is 0 Å². The molecule has 0 aliphatic heterocycles. The van der Waals surface area contributed by atoms with Crippen LogP contribution in [0.3, 0.4) is 0 Å². The Labute approximate surface area is 164 Å². The molecule has 0 unspecified atom stereocenters. The number of Topliss-reactive ketones (excluding diaryl/α,β-unsaturated/α-hetero) is 1. The van der Waals surface area contributed by atoms with Gasteiger partial charge in [0.1, 0.15) is 17.3 Å². The van der Waals surface area contributed by atoms with Gasteiger partial charge in [-0.3, -0.25) is 9.59 Å². The number of ketones is 1. The SMILES string of the molecule is CC(=O)c1ccc(Nc2cc(C(=O)N(C)Cc3ccccc3)nc(C)n2)cc1. The average Bonchev–Trinajstić information content (AvgIpc) is 2.68. The molecule has 0 spiro atoms. The Morgan fingerprint density at radius 3 is 2.32 bits per heavy atom. The number of benzene rings is 2. The summed E-state index contributed by atoms with van der Waals surface area (Å²) in [6.07, 6.45) is 0. The number of nitrogens with zero attached hydrogens (tertiary/aromatic N) is 3. The Bertz CT molecular complexity index is 985. The second kappa shape index (κ2) is 8.43. The van der Waals surface area contributed by atoms with E-state index in [0.29, 0.717) is 29.4 Å². The third-order valence-corrected chi connectivity index (χ3v) is 4.23. The van der Waals surface area contributed by atoms with E-state index in [9.17, 15) is 9.59 Å². The first-order chi connectivity index (χ1) is 13.4. The van der Waals surface area contributed by atoms with Crippen molar-refractivity contribution < 1.29 is 9.59 Å². The lowest BCUT2D eigenvalue weighted by molar-refractivity contribution is 0.0778. The number of rotatable bonds is 6. The number of aromatic nitrogens is 2. The summed E-state index contributed by atoms with van der Waals surface area (Å²) in [5.74, 6) is 0.865. The Balaban J connectivity index is 1.76. The molecule has 6 nitrogen and oxygen atoms in total. The Morgan fingerprint density at radius 2 is 1.68 bits per heavy atom. The van der Waals surface area contributed by atoms with Gasteiger partial charge in [-0.25, -0.2) is 9.97 Å². The maximum atomic E-state index is 12.8. The van der Waals surface area contributed by atoms with Crippen LogP contribution in [0.4, 0.5) is 11.5 Å². The van der Waals surface area contributed by atoms with Crippen LogP contribution in [0.25, 0.3) is 0 Å². The van der Waals surface area contributed by atoms with Crippen LogP contribution in [0.2, 0.25) is 0 Å². The van der Waals surface area contributed by atoms with E-state index in [0.717, 1.165) is 11.3 Å². The fraction of sp³-hybridized carbons (Fsp3) is 0.182. The van der Waals surface area contributed by atoms with E-state index >= 15 is 0 Å². The van der Waals surface area contributed by atoms with Crippen LogP contribution in [0.15, 0.2) is 60.7 Å². The summed E-state index contributed by atoms with van der Waals surface area (Å²) in [6, 6.07) is 18.5. The average molecular weight is 374 g/mol. The lowest BCUT2D eigenvalue weighted by Gasteiger charge is -2.17. The van der Waals surface area contributed by atoms with Gasteiger partial charge in [-0.05, 0) is 43.7 Å². The van der Waals surface area contributed by atoms with Gasteiger partial charge in [-0.1, -0.05) is 30.3 Å². The number of aryl methyl sites for hydroxylation is 1. The maximum absolute atomic E-state index is 12.8. The Hall–Kier alpha value is -3.54. The molecule has 0 aliphatic carbocycles. The monoisotopic (exact) mass is 374 g/mol. The van der Waals surface area contributed by atoms with E-state index in [1.165, 1.54) is 6.92 Å². The van der Waals surface area contributed by atoms with Crippen molar-refractivity contribution in [2.45, 2.75) is 20.4 Å². The highest BCUT2D eigenvalue weighted by Crippen LogP contribution is 2.17. The van der Waals surface area contributed by atoms with E-state index in [1.807, 2.05) is 30.3 Å². The molecule has 0 fully saturated rings. The molecule has 1 aromatic heterocycles. The molecule has 0 radical (unpaired) electrons. The van der Waals surface area contributed by atoms with E-state index in [1.54, 1.807) is 49.2 Å². The van der Waals surface area contributed by atoms with Crippen molar-refractivity contribution in [2.75, 3.05) is 12.4 Å². The summed E-state index contributed by atoms with van der Waals surface area (Å²) in [5.41, 5.74) is 2.80. The van der Waals surface area contributed by atoms with Crippen molar-refractivity contribution in [3.05, 3.63) is 83.3 Å². The quantitative estimate of drug-likeness (QED) is 0.660. The van der Waals surface area contributed by atoms with E-state index in [-0.39, 0.29) is 11.7 Å². The zero-order valence-corrected chi connectivity index (χ0v) is 16.1. The van der Waals surface area contributed by atoms with Crippen LogP contribution in [0.5, 0.6) is 0 Å². The highest BCUT2D eigenvalue weighted by atomic mass is 16.2. The molecule has 2 aromatic carbocycles. The third-order valence-electron chi connectivity index (χ3n) is 4.23. The first-order valence-electron chi connectivity index (χ1n) is 8.95. The Kier molecular flexibility index (Phi) is 5.79. The van der Waals surface area contributed by atoms with Gasteiger partial charge in [0.05, 0.1) is 0 Å². The molecule has 0 saturated heterocycles. The molecular formula is C22H22N4O2. The summed E-state index contributed by atoms with van der Waals surface area (Å²) < 4.78 is 0. The second-order valence-corrected chi connectivity index (χ2v) is 6.59. The van der Waals surface area contributed by atoms with E-state index in [2.05, 4.69) is 15.3 Å². The molecular weight excluding hydrogens is 352 g/mol. The van der Waals surface area contributed by atoms with Crippen LogP contribution in [0, 0.1) is 6.92 Å². The predicted molar refractivity (Wildman–Crippen MR) is 109 cm³/mol. The number of amides is 1. The fourth-order valence-electron chi connectivity index (χ4n) is 2.80. The van der Waals surface area contributed by atoms with Gasteiger partial charge in [-0.15, -0.1) is 0 Å². The minimum atomic E-state index is -0.177. The summed E-state index contributed by atoms with van der Waals surface area (Å²) in [6.45, 7) is 3.77. The molecule has 0 saturated carbocycles. The number of hydrogen-bond donors (Lipinski definition) is 1. The van der Waals surface area contributed by atoms with Crippen molar-refractivity contribution in [3.8, 4) is 0 Å². The molecule has 3 aromatic rings. The van der Waals surface area contributed by atoms with Crippen molar-refractivity contribution in [1.29, 1.82) is 0 Å². The molecule has 0 aliphatic rings. The molecule has 1 amide bonds. The van der Waals surface area contributed by atoms with Crippen LogP contribution >= 0.6 is 0 Å². The number of nitrogens with one attached hydrogen (secondary N) is 1. The van der Waals surface area contributed by atoms with Crippen molar-refractivity contribution >= 4 is 23.2 Å². The van der Waals surface area contributed by atoms with Crippen LogP contribution in [-0.4, -0.2) is 33.6 Å². The number of hydrogen-bond acceptors (Lipinski definition) is 5. The Morgan fingerprint density at radius 1 is 1.00 bits per heavy atom. The molecule has 0 atom stereocenters. The highest BCUT2D eigenvalue weighted by Gasteiger charge is 2.16. The maximum Gasteiger partial charge on any atom is 0.272 e. The van der Waals surface area contributed by atoms with Gasteiger partial charge >= 0.3 is 0 Å². The first-order valence-corrected chi connectivity index (χ1v) is 8.95. The number of anilines is 2. The molecule has 6 heteroatoms. The summed E-state index contributed by atoms with van der Waals surface area (Å²) in [4.78, 5) is 34.5. The number of carbonyl (C=O) groups excluding carboxylic acids is 2. The van der Waals surface area contributed by atoms with Gasteiger partial charge in [-0.2, -0.15) is 0 Å². The summed E-state index contributed by atoms with van der Waals surface area (Å²) in [5, 5.41) is 3.16. The third kappa shape index (κ3) is 4.79. The molecule has 1 N–H and O–H groups in total. The van der Waals surface area contributed by atoms with Crippen molar-refractivity contribution in [3.63, 3.8) is 0 Å². The van der Waals surface area contributed by atoms with Gasteiger partial charge in [0.25, 0.3) is 5.91 Å². The molecule has 1 heterocycles. The molecule has 142 valence electrons. The van der Waals surface area contributed by atoms with Crippen molar-refractivity contribution in [1.82, 2.24) is 14.9 Å². The smallest absolute Gasteiger partial charge is 0.272 e. The zero-order chi connectivity index (χ0) is 20.1. The van der Waals surface area contributed by atoms with Gasteiger partial charge in [0, 0.05) is 30.9 Å². The molecule has 28 heavy (non-hydrogen) atoms. The standard InChI is InChI=1S/C22H22N4O2/c1-15(27)18-9-11-19(12-10-18)25-21-13-20(23-16(2)24-21)22(28)26(3)14-17-7-5-4-6-8-17/h4-13H,14H2,1-3H3,(H,23,24,25). The number of carbonyl (C=O) groups is 2. The minimum Gasteiger partial charge on any atom is -0.340 e. The summed E-state index contributed by atoms with van der Waals surface area (Å²) in [7, 11) is 1.75. The predicted octanol–water partition coefficient (Wildman–Crippen LogP) is 4.00. The zero-order valence-electron chi connectivity index (χ0n) is 16.1. The fourth-order valence-corrected chi connectivity index (χ4v) is 2.80. The van der Waals surface area contributed by atoms with Gasteiger partial charge < -0.3 is 10.2 Å². The van der Waals surface area contributed by atoms with E-state index < -0.39 is 0 Å².